The average Bonchev–Trinajstić information content (AvgIpc) is 2.15. The molecule has 2 nitrogen and oxygen atoms in total. The van der Waals surface area contributed by atoms with Crippen molar-refractivity contribution in [1.82, 2.24) is 4.90 Å². The molecule has 0 bridgehead atoms. The Hall–Kier alpha value is 0.270. The molecule has 1 aliphatic carbocycles. The molecule has 16 heavy (non-hydrogen) atoms. The first-order chi connectivity index (χ1) is 7.55. The molecule has 2 fully saturated rings. The molecule has 0 spiro atoms. The Morgan fingerprint density at radius 1 is 1.38 bits per heavy atom. The summed E-state index contributed by atoms with van der Waals surface area (Å²) in [7, 11) is 0. The van der Waals surface area contributed by atoms with E-state index in [9.17, 15) is 0 Å². The summed E-state index contributed by atoms with van der Waals surface area (Å²) in [5, 5.41) is 0. The van der Waals surface area contributed by atoms with Crippen molar-refractivity contribution >= 4 is 11.8 Å². The molecule has 2 unspecified atom stereocenters. The maximum atomic E-state index is 6.06. The van der Waals surface area contributed by atoms with E-state index in [2.05, 4.69) is 30.5 Å². The normalized spacial score (nSPS) is 36.2. The summed E-state index contributed by atoms with van der Waals surface area (Å²) in [6.45, 7) is 8.56. The van der Waals surface area contributed by atoms with Gasteiger partial charge >= 0.3 is 0 Å². The molecule has 94 valence electrons. The minimum atomic E-state index is 0.453. The smallest absolute Gasteiger partial charge is 0.0231 e. The molecule has 2 aliphatic rings. The van der Waals surface area contributed by atoms with Gasteiger partial charge in [-0.3, -0.25) is 0 Å². The first-order valence-corrected chi connectivity index (χ1v) is 7.66. The van der Waals surface area contributed by atoms with Crippen molar-refractivity contribution in [3.05, 3.63) is 0 Å². The summed E-state index contributed by atoms with van der Waals surface area (Å²) in [5.74, 6) is 2.16. The van der Waals surface area contributed by atoms with Crippen LogP contribution in [-0.4, -0.2) is 41.1 Å². The van der Waals surface area contributed by atoms with Gasteiger partial charge in [0.05, 0.1) is 0 Å². The Morgan fingerprint density at radius 3 is 2.88 bits per heavy atom. The summed E-state index contributed by atoms with van der Waals surface area (Å²) in [5.41, 5.74) is 6.06. The van der Waals surface area contributed by atoms with Crippen molar-refractivity contribution in [2.75, 3.05) is 25.4 Å². The van der Waals surface area contributed by atoms with Crippen LogP contribution < -0.4 is 5.73 Å². The molecule has 1 heterocycles. The number of thioether (sulfide) groups is 1. The first-order valence-electron chi connectivity index (χ1n) is 6.67. The Kier molecular flexibility index (Phi) is 4.20. The van der Waals surface area contributed by atoms with E-state index in [1.54, 1.807) is 0 Å². The van der Waals surface area contributed by atoms with Gasteiger partial charge in [0, 0.05) is 36.2 Å². The molecule has 0 aromatic carbocycles. The van der Waals surface area contributed by atoms with Crippen LogP contribution in [0.1, 0.15) is 39.5 Å². The SMILES string of the molecule is CC1(C)CN(CC2CCCC(N)C2)CCS1. The fraction of sp³-hybridized carbons (Fsp3) is 1.00. The van der Waals surface area contributed by atoms with Gasteiger partial charge in [-0.1, -0.05) is 6.42 Å². The molecular weight excluding hydrogens is 216 g/mol. The van der Waals surface area contributed by atoms with E-state index in [0.29, 0.717) is 10.8 Å². The van der Waals surface area contributed by atoms with E-state index in [0.717, 1.165) is 5.92 Å². The molecule has 2 rings (SSSR count). The van der Waals surface area contributed by atoms with Crippen LogP contribution in [0.3, 0.4) is 0 Å². The first kappa shape index (κ1) is 12.7. The highest BCUT2D eigenvalue weighted by Crippen LogP contribution is 2.31. The zero-order valence-corrected chi connectivity index (χ0v) is 11.6. The lowest BCUT2D eigenvalue weighted by Crippen LogP contribution is -2.46. The second kappa shape index (κ2) is 5.28. The maximum Gasteiger partial charge on any atom is 0.0231 e. The van der Waals surface area contributed by atoms with Crippen LogP contribution in [0.15, 0.2) is 0 Å². The van der Waals surface area contributed by atoms with Crippen molar-refractivity contribution in [1.29, 1.82) is 0 Å². The quantitative estimate of drug-likeness (QED) is 0.806. The summed E-state index contributed by atoms with van der Waals surface area (Å²) < 4.78 is 0.453. The van der Waals surface area contributed by atoms with Crippen LogP contribution in [0.4, 0.5) is 0 Å². The highest BCUT2D eigenvalue weighted by molar-refractivity contribution is 8.00. The van der Waals surface area contributed by atoms with Crippen molar-refractivity contribution in [3.8, 4) is 0 Å². The van der Waals surface area contributed by atoms with Crippen molar-refractivity contribution in [2.45, 2.75) is 50.3 Å². The van der Waals surface area contributed by atoms with Gasteiger partial charge in [-0.2, -0.15) is 11.8 Å². The van der Waals surface area contributed by atoms with Crippen LogP contribution >= 0.6 is 11.8 Å². The summed E-state index contributed by atoms with van der Waals surface area (Å²) in [4.78, 5) is 2.67. The Labute approximate surface area is 104 Å². The van der Waals surface area contributed by atoms with E-state index in [4.69, 9.17) is 5.73 Å². The summed E-state index contributed by atoms with van der Waals surface area (Å²) in [6, 6.07) is 0.478. The third-order valence-corrected chi connectivity index (χ3v) is 5.14. The van der Waals surface area contributed by atoms with Crippen LogP contribution in [0, 0.1) is 5.92 Å². The second-order valence-corrected chi connectivity index (χ2v) is 7.94. The number of hydrogen-bond donors (Lipinski definition) is 1. The molecule has 0 amide bonds. The standard InChI is InChI=1S/C13H26N2S/c1-13(2)10-15(6-7-16-13)9-11-4-3-5-12(14)8-11/h11-12H,3-10,14H2,1-2H3. The predicted octanol–water partition coefficient (Wildman–Crippen LogP) is 2.33. The fourth-order valence-corrected chi connectivity index (χ4v) is 4.31. The van der Waals surface area contributed by atoms with E-state index < -0.39 is 0 Å². The largest absolute Gasteiger partial charge is 0.328 e. The third kappa shape index (κ3) is 3.64. The topological polar surface area (TPSA) is 29.3 Å². The van der Waals surface area contributed by atoms with Gasteiger partial charge in [0.1, 0.15) is 0 Å². The summed E-state index contributed by atoms with van der Waals surface area (Å²) in [6.07, 6.45) is 5.25. The number of hydrogen-bond acceptors (Lipinski definition) is 3. The zero-order valence-electron chi connectivity index (χ0n) is 10.7. The molecule has 1 aliphatic heterocycles. The fourth-order valence-electron chi connectivity index (χ4n) is 3.13. The lowest BCUT2D eigenvalue weighted by molar-refractivity contribution is 0.186. The molecule has 0 radical (unpaired) electrons. The van der Waals surface area contributed by atoms with Crippen molar-refractivity contribution < 1.29 is 0 Å². The third-order valence-electron chi connectivity index (χ3n) is 3.84. The minimum Gasteiger partial charge on any atom is -0.328 e. The lowest BCUT2D eigenvalue weighted by Gasteiger charge is -2.40. The van der Waals surface area contributed by atoms with Crippen LogP contribution in [0.2, 0.25) is 0 Å². The van der Waals surface area contributed by atoms with Crippen molar-refractivity contribution in [3.63, 3.8) is 0 Å². The Balaban J connectivity index is 1.80. The Morgan fingerprint density at radius 2 is 2.19 bits per heavy atom. The van der Waals surface area contributed by atoms with Gasteiger partial charge in [-0.25, -0.2) is 0 Å². The van der Waals surface area contributed by atoms with Crippen molar-refractivity contribution in [2.24, 2.45) is 11.7 Å². The maximum absolute atomic E-state index is 6.06. The zero-order chi connectivity index (χ0) is 11.6. The Bertz CT molecular complexity index is 230. The average molecular weight is 242 g/mol. The van der Waals surface area contributed by atoms with Crippen LogP contribution in [0.25, 0.3) is 0 Å². The molecule has 1 saturated carbocycles. The lowest BCUT2D eigenvalue weighted by atomic mass is 9.85. The molecule has 2 N–H and O–H groups in total. The van der Waals surface area contributed by atoms with Gasteiger partial charge in [-0.05, 0) is 39.0 Å². The van der Waals surface area contributed by atoms with E-state index in [1.165, 1.54) is 51.1 Å². The van der Waals surface area contributed by atoms with E-state index >= 15 is 0 Å². The van der Waals surface area contributed by atoms with Gasteiger partial charge in [0.2, 0.25) is 0 Å². The number of rotatable bonds is 2. The molecule has 1 saturated heterocycles. The van der Waals surface area contributed by atoms with Gasteiger partial charge in [0.15, 0.2) is 0 Å². The van der Waals surface area contributed by atoms with E-state index in [1.807, 2.05) is 0 Å². The molecule has 2 atom stereocenters. The van der Waals surface area contributed by atoms with Gasteiger partial charge in [-0.15, -0.1) is 0 Å². The molecule has 3 heteroatoms. The highest BCUT2D eigenvalue weighted by Gasteiger charge is 2.29. The number of nitrogens with zero attached hydrogens (tertiary/aromatic N) is 1. The minimum absolute atomic E-state index is 0.453. The molecule has 0 aromatic rings. The van der Waals surface area contributed by atoms with E-state index in [-0.39, 0.29) is 0 Å². The number of nitrogens with two attached hydrogens (primary N) is 1. The van der Waals surface area contributed by atoms with Gasteiger partial charge in [0.25, 0.3) is 0 Å². The van der Waals surface area contributed by atoms with Crippen LogP contribution in [0.5, 0.6) is 0 Å². The molecular formula is C13H26N2S. The van der Waals surface area contributed by atoms with Crippen LogP contribution in [-0.2, 0) is 0 Å². The monoisotopic (exact) mass is 242 g/mol. The second-order valence-electron chi connectivity index (χ2n) is 6.14. The molecule has 0 aromatic heterocycles. The predicted molar refractivity (Wildman–Crippen MR) is 72.9 cm³/mol. The highest BCUT2D eigenvalue weighted by atomic mass is 32.2. The van der Waals surface area contributed by atoms with Gasteiger partial charge < -0.3 is 10.6 Å². The summed E-state index contributed by atoms with van der Waals surface area (Å²) >= 11 is 2.12.